The van der Waals surface area contributed by atoms with Gasteiger partial charge in [0.15, 0.2) is 5.96 Å². The van der Waals surface area contributed by atoms with Crippen LogP contribution in [0.3, 0.4) is 0 Å². The van der Waals surface area contributed by atoms with E-state index in [4.69, 9.17) is 0 Å². The van der Waals surface area contributed by atoms with Gasteiger partial charge in [0.05, 0.1) is 6.10 Å². The van der Waals surface area contributed by atoms with Crippen LogP contribution in [0, 0.1) is 0 Å². The van der Waals surface area contributed by atoms with Crippen molar-refractivity contribution in [3.63, 3.8) is 0 Å². The number of piperidine rings is 1. The molecule has 1 aliphatic heterocycles. The molecule has 1 unspecified atom stereocenters. The fraction of sp³-hybridized carbons (Fsp3) is 0.480. The number of aliphatic imine (C=N–C) groups is 1. The standard InChI is InChI=1S/C25H36N4O/c1-20(8-9-21-6-4-3-5-7-21)28-25(26-2)27-18-22-10-12-23(13-11-22)19-29-16-14-24(30)15-17-29/h3-7,10-13,20,24,30H,8-9,14-19H2,1-2H3,(H2,26,27,28). The lowest BCUT2D eigenvalue weighted by Crippen LogP contribution is -2.42. The van der Waals surface area contributed by atoms with Crippen LogP contribution in [0.1, 0.15) is 42.9 Å². The van der Waals surface area contributed by atoms with Crippen LogP contribution in [-0.2, 0) is 19.5 Å². The molecule has 1 aliphatic rings. The van der Waals surface area contributed by atoms with E-state index >= 15 is 0 Å². The average molecular weight is 409 g/mol. The van der Waals surface area contributed by atoms with Gasteiger partial charge in [-0.3, -0.25) is 9.89 Å². The summed E-state index contributed by atoms with van der Waals surface area (Å²) in [6, 6.07) is 19.7. The first-order valence-corrected chi connectivity index (χ1v) is 11.1. The predicted molar refractivity (Wildman–Crippen MR) is 125 cm³/mol. The molecule has 162 valence electrons. The van der Waals surface area contributed by atoms with Crippen molar-refractivity contribution >= 4 is 5.96 Å². The molecule has 0 radical (unpaired) electrons. The minimum Gasteiger partial charge on any atom is -0.393 e. The molecule has 1 fully saturated rings. The van der Waals surface area contributed by atoms with Gasteiger partial charge in [0.25, 0.3) is 0 Å². The van der Waals surface area contributed by atoms with Crippen molar-refractivity contribution in [3.8, 4) is 0 Å². The van der Waals surface area contributed by atoms with Crippen LogP contribution in [0.25, 0.3) is 0 Å². The Balaban J connectivity index is 1.39. The van der Waals surface area contributed by atoms with E-state index in [9.17, 15) is 5.11 Å². The van der Waals surface area contributed by atoms with Crippen LogP contribution in [0.15, 0.2) is 59.6 Å². The molecular weight excluding hydrogens is 372 g/mol. The maximum Gasteiger partial charge on any atom is 0.191 e. The maximum atomic E-state index is 9.64. The minimum atomic E-state index is -0.112. The number of rotatable bonds is 8. The van der Waals surface area contributed by atoms with Gasteiger partial charge in [0.1, 0.15) is 0 Å². The summed E-state index contributed by atoms with van der Waals surface area (Å²) in [5.41, 5.74) is 3.94. The summed E-state index contributed by atoms with van der Waals surface area (Å²) in [4.78, 5) is 6.79. The Labute approximate surface area is 181 Å². The summed E-state index contributed by atoms with van der Waals surface area (Å²) in [7, 11) is 1.82. The average Bonchev–Trinajstić information content (AvgIpc) is 2.78. The second-order valence-electron chi connectivity index (χ2n) is 8.32. The molecule has 5 heteroatoms. The minimum absolute atomic E-state index is 0.112. The number of hydrogen-bond donors (Lipinski definition) is 3. The Hall–Kier alpha value is -2.37. The molecule has 5 nitrogen and oxygen atoms in total. The van der Waals surface area contributed by atoms with Crippen molar-refractivity contribution in [1.29, 1.82) is 0 Å². The largest absolute Gasteiger partial charge is 0.393 e. The number of guanidine groups is 1. The first-order valence-electron chi connectivity index (χ1n) is 11.1. The number of nitrogens with zero attached hydrogens (tertiary/aromatic N) is 2. The number of likely N-dealkylation sites (tertiary alicyclic amines) is 1. The van der Waals surface area contributed by atoms with Crippen molar-refractivity contribution in [2.24, 2.45) is 4.99 Å². The summed E-state index contributed by atoms with van der Waals surface area (Å²) >= 11 is 0. The highest BCUT2D eigenvalue weighted by Gasteiger charge is 2.16. The van der Waals surface area contributed by atoms with Crippen molar-refractivity contribution in [2.45, 2.75) is 57.8 Å². The van der Waals surface area contributed by atoms with Crippen molar-refractivity contribution < 1.29 is 5.11 Å². The highest BCUT2D eigenvalue weighted by molar-refractivity contribution is 5.79. The highest BCUT2D eigenvalue weighted by Crippen LogP contribution is 2.14. The Kier molecular flexibility index (Phi) is 8.72. The molecule has 30 heavy (non-hydrogen) atoms. The number of aryl methyl sites for hydroxylation is 1. The molecule has 0 saturated carbocycles. The zero-order valence-corrected chi connectivity index (χ0v) is 18.3. The molecule has 3 rings (SSSR count). The van der Waals surface area contributed by atoms with Crippen molar-refractivity contribution in [1.82, 2.24) is 15.5 Å². The van der Waals surface area contributed by atoms with Gasteiger partial charge >= 0.3 is 0 Å². The zero-order chi connectivity index (χ0) is 21.2. The second kappa shape index (κ2) is 11.7. The molecule has 1 atom stereocenters. The summed E-state index contributed by atoms with van der Waals surface area (Å²) in [5, 5.41) is 16.6. The van der Waals surface area contributed by atoms with Gasteiger partial charge in [-0.25, -0.2) is 0 Å². The molecule has 2 aromatic rings. The van der Waals surface area contributed by atoms with E-state index in [1.54, 1.807) is 0 Å². The van der Waals surface area contributed by atoms with Crippen LogP contribution in [0.5, 0.6) is 0 Å². The van der Waals surface area contributed by atoms with E-state index in [-0.39, 0.29) is 6.10 Å². The van der Waals surface area contributed by atoms with Gasteiger partial charge < -0.3 is 15.7 Å². The Morgan fingerprint density at radius 2 is 1.70 bits per heavy atom. The molecular formula is C25H36N4O. The topological polar surface area (TPSA) is 59.9 Å². The Morgan fingerprint density at radius 3 is 2.37 bits per heavy atom. The fourth-order valence-corrected chi connectivity index (χ4v) is 3.81. The molecule has 0 aliphatic carbocycles. The molecule has 3 N–H and O–H groups in total. The first kappa shape index (κ1) is 22.3. The van der Waals surface area contributed by atoms with Crippen LogP contribution in [-0.4, -0.2) is 48.2 Å². The summed E-state index contributed by atoms with van der Waals surface area (Å²) in [6.07, 6.45) is 3.78. The number of nitrogens with one attached hydrogen (secondary N) is 2. The van der Waals surface area contributed by atoms with Crippen LogP contribution in [0.2, 0.25) is 0 Å². The third-order valence-electron chi connectivity index (χ3n) is 5.76. The smallest absolute Gasteiger partial charge is 0.191 e. The fourth-order valence-electron chi connectivity index (χ4n) is 3.81. The third kappa shape index (κ3) is 7.47. The number of aliphatic hydroxyl groups is 1. The van der Waals surface area contributed by atoms with Gasteiger partial charge in [0.2, 0.25) is 0 Å². The van der Waals surface area contributed by atoms with Crippen molar-refractivity contribution in [2.75, 3.05) is 20.1 Å². The Bertz CT molecular complexity index is 767. The van der Waals surface area contributed by atoms with E-state index in [1.807, 2.05) is 7.05 Å². The summed E-state index contributed by atoms with van der Waals surface area (Å²) in [5.74, 6) is 0.839. The molecule has 1 heterocycles. The normalized spacial score (nSPS) is 17.0. The third-order valence-corrected chi connectivity index (χ3v) is 5.76. The quantitative estimate of drug-likeness (QED) is 0.463. The number of aliphatic hydroxyl groups excluding tert-OH is 1. The molecule has 0 amide bonds. The van der Waals surface area contributed by atoms with Gasteiger partial charge in [-0.15, -0.1) is 0 Å². The van der Waals surface area contributed by atoms with Crippen LogP contribution in [0.4, 0.5) is 0 Å². The molecule has 2 aromatic carbocycles. The second-order valence-corrected chi connectivity index (χ2v) is 8.32. The summed E-state index contributed by atoms with van der Waals surface area (Å²) < 4.78 is 0. The maximum absolute atomic E-state index is 9.64. The van der Waals surface area contributed by atoms with E-state index in [2.05, 4.69) is 82.0 Å². The Morgan fingerprint density at radius 1 is 1.03 bits per heavy atom. The molecule has 0 aromatic heterocycles. The monoisotopic (exact) mass is 408 g/mol. The lowest BCUT2D eigenvalue weighted by atomic mass is 10.1. The molecule has 0 bridgehead atoms. The summed E-state index contributed by atoms with van der Waals surface area (Å²) in [6.45, 7) is 5.87. The SMILES string of the molecule is CN=C(NCc1ccc(CN2CCC(O)CC2)cc1)NC(C)CCc1ccccc1. The molecule has 0 spiro atoms. The van der Waals surface area contributed by atoms with Gasteiger partial charge in [0, 0.05) is 39.3 Å². The van der Waals surface area contributed by atoms with Crippen molar-refractivity contribution in [3.05, 3.63) is 71.3 Å². The van der Waals surface area contributed by atoms with Crippen LogP contribution >= 0.6 is 0 Å². The lowest BCUT2D eigenvalue weighted by Gasteiger charge is -2.29. The highest BCUT2D eigenvalue weighted by atomic mass is 16.3. The predicted octanol–water partition coefficient (Wildman–Crippen LogP) is 3.33. The number of benzene rings is 2. The number of hydrogen-bond acceptors (Lipinski definition) is 3. The van der Waals surface area contributed by atoms with E-state index in [1.165, 1.54) is 16.7 Å². The van der Waals surface area contributed by atoms with Gasteiger partial charge in [-0.05, 0) is 49.3 Å². The van der Waals surface area contributed by atoms with E-state index in [0.29, 0.717) is 6.04 Å². The van der Waals surface area contributed by atoms with Crippen LogP contribution < -0.4 is 10.6 Å². The lowest BCUT2D eigenvalue weighted by molar-refractivity contribution is 0.0792. The first-order chi connectivity index (χ1) is 14.6. The van der Waals surface area contributed by atoms with E-state index < -0.39 is 0 Å². The van der Waals surface area contributed by atoms with Gasteiger partial charge in [-0.2, -0.15) is 0 Å². The van der Waals surface area contributed by atoms with E-state index in [0.717, 1.165) is 57.8 Å². The molecule has 1 saturated heterocycles. The zero-order valence-electron chi connectivity index (χ0n) is 18.3. The van der Waals surface area contributed by atoms with Gasteiger partial charge in [-0.1, -0.05) is 54.6 Å².